The molecule has 0 saturated carbocycles. The van der Waals surface area contributed by atoms with E-state index < -0.39 is 0 Å². The summed E-state index contributed by atoms with van der Waals surface area (Å²) in [6.07, 6.45) is 2.33. The molecular weight excluding hydrogens is 328 g/mol. The van der Waals surface area contributed by atoms with Crippen LogP contribution in [0.1, 0.15) is 37.3 Å². The van der Waals surface area contributed by atoms with Crippen LogP contribution in [0.15, 0.2) is 42.5 Å². The Morgan fingerprint density at radius 1 is 0.923 bits per heavy atom. The maximum atomic E-state index is 12.1. The SMILES string of the molecule is CCCCC(=O)Nc1cccc(NC(=O)COc2cc(C)cc(C)c2)c1. The van der Waals surface area contributed by atoms with E-state index in [0.717, 1.165) is 24.0 Å². The standard InChI is InChI=1S/C21H26N2O3/c1-4-5-9-20(24)22-17-7-6-8-18(13-17)23-21(25)14-26-19-11-15(2)10-16(3)12-19/h6-8,10-13H,4-5,9,14H2,1-3H3,(H,22,24)(H,23,25). The van der Waals surface area contributed by atoms with Gasteiger partial charge in [0, 0.05) is 17.8 Å². The summed E-state index contributed by atoms with van der Waals surface area (Å²) >= 11 is 0. The molecule has 138 valence electrons. The van der Waals surface area contributed by atoms with Crippen LogP contribution in [0.3, 0.4) is 0 Å². The van der Waals surface area contributed by atoms with Crippen molar-refractivity contribution in [3.05, 3.63) is 53.6 Å². The Balaban J connectivity index is 1.88. The molecule has 5 nitrogen and oxygen atoms in total. The molecule has 5 heteroatoms. The van der Waals surface area contributed by atoms with Crippen LogP contribution in [-0.2, 0) is 9.59 Å². The summed E-state index contributed by atoms with van der Waals surface area (Å²) in [6, 6.07) is 12.9. The summed E-state index contributed by atoms with van der Waals surface area (Å²) in [4.78, 5) is 23.9. The molecule has 2 amide bonds. The van der Waals surface area contributed by atoms with Gasteiger partial charge >= 0.3 is 0 Å². The van der Waals surface area contributed by atoms with Crippen molar-refractivity contribution in [3.63, 3.8) is 0 Å². The van der Waals surface area contributed by atoms with Crippen molar-refractivity contribution in [1.29, 1.82) is 0 Å². The van der Waals surface area contributed by atoms with Crippen LogP contribution in [0.2, 0.25) is 0 Å². The second kappa shape index (κ2) is 9.61. The molecule has 0 radical (unpaired) electrons. The molecule has 0 heterocycles. The number of ether oxygens (including phenoxy) is 1. The van der Waals surface area contributed by atoms with E-state index in [1.807, 2.05) is 39.0 Å². The highest BCUT2D eigenvalue weighted by atomic mass is 16.5. The molecule has 0 unspecified atom stereocenters. The van der Waals surface area contributed by atoms with Crippen LogP contribution >= 0.6 is 0 Å². The zero-order valence-electron chi connectivity index (χ0n) is 15.6. The number of hydrogen-bond acceptors (Lipinski definition) is 3. The minimum absolute atomic E-state index is 0.0199. The Labute approximate surface area is 154 Å². The summed E-state index contributed by atoms with van der Waals surface area (Å²) in [5.41, 5.74) is 3.46. The molecule has 2 N–H and O–H groups in total. The molecule has 2 aromatic carbocycles. The fourth-order valence-corrected chi connectivity index (χ4v) is 2.60. The van der Waals surface area contributed by atoms with Crippen LogP contribution in [-0.4, -0.2) is 18.4 Å². The number of carbonyl (C=O) groups is 2. The van der Waals surface area contributed by atoms with Gasteiger partial charge in [0.15, 0.2) is 6.61 Å². The molecular formula is C21H26N2O3. The first-order chi connectivity index (χ1) is 12.5. The van der Waals surface area contributed by atoms with E-state index in [1.54, 1.807) is 24.3 Å². The lowest BCUT2D eigenvalue weighted by Crippen LogP contribution is -2.20. The Morgan fingerprint density at radius 2 is 1.54 bits per heavy atom. The molecule has 0 aromatic heterocycles. The van der Waals surface area contributed by atoms with Gasteiger partial charge < -0.3 is 15.4 Å². The number of aryl methyl sites for hydroxylation is 2. The fourth-order valence-electron chi connectivity index (χ4n) is 2.60. The van der Waals surface area contributed by atoms with Gasteiger partial charge in [0.25, 0.3) is 5.91 Å². The van der Waals surface area contributed by atoms with Crippen molar-refractivity contribution < 1.29 is 14.3 Å². The number of rotatable bonds is 8. The van der Waals surface area contributed by atoms with Gasteiger partial charge in [-0.1, -0.05) is 25.5 Å². The van der Waals surface area contributed by atoms with Gasteiger partial charge in [-0.3, -0.25) is 9.59 Å². The molecule has 0 bridgehead atoms. The van der Waals surface area contributed by atoms with Gasteiger partial charge in [-0.2, -0.15) is 0 Å². The Kier molecular flexibility index (Phi) is 7.21. The predicted molar refractivity (Wildman–Crippen MR) is 105 cm³/mol. The highest BCUT2D eigenvalue weighted by Gasteiger charge is 2.07. The van der Waals surface area contributed by atoms with Crippen LogP contribution < -0.4 is 15.4 Å². The van der Waals surface area contributed by atoms with E-state index in [1.165, 1.54) is 0 Å². The van der Waals surface area contributed by atoms with E-state index >= 15 is 0 Å². The highest BCUT2D eigenvalue weighted by Crippen LogP contribution is 2.17. The third kappa shape index (κ3) is 6.59. The summed E-state index contributed by atoms with van der Waals surface area (Å²) in [5.74, 6) is 0.404. The van der Waals surface area contributed by atoms with Crippen molar-refractivity contribution in [3.8, 4) is 5.75 Å². The summed E-state index contributed by atoms with van der Waals surface area (Å²) in [5, 5.41) is 5.62. The summed E-state index contributed by atoms with van der Waals surface area (Å²) in [7, 11) is 0. The third-order valence-electron chi connectivity index (χ3n) is 3.75. The average molecular weight is 354 g/mol. The van der Waals surface area contributed by atoms with Crippen LogP contribution in [0, 0.1) is 13.8 Å². The van der Waals surface area contributed by atoms with Gasteiger partial charge in [0.05, 0.1) is 0 Å². The van der Waals surface area contributed by atoms with E-state index in [0.29, 0.717) is 23.5 Å². The van der Waals surface area contributed by atoms with Gasteiger partial charge in [-0.15, -0.1) is 0 Å². The highest BCUT2D eigenvalue weighted by molar-refractivity contribution is 5.94. The van der Waals surface area contributed by atoms with Crippen LogP contribution in [0.25, 0.3) is 0 Å². The number of anilines is 2. The molecule has 0 atom stereocenters. The second-order valence-corrected chi connectivity index (χ2v) is 6.39. The Hall–Kier alpha value is -2.82. The van der Waals surface area contributed by atoms with E-state index in [2.05, 4.69) is 10.6 Å². The number of nitrogens with one attached hydrogen (secondary N) is 2. The van der Waals surface area contributed by atoms with Crippen molar-refractivity contribution in [2.45, 2.75) is 40.0 Å². The normalized spacial score (nSPS) is 10.3. The third-order valence-corrected chi connectivity index (χ3v) is 3.75. The fraction of sp³-hybridized carbons (Fsp3) is 0.333. The molecule has 2 rings (SSSR count). The minimum atomic E-state index is -0.251. The first-order valence-corrected chi connectivity index (χ1v) is 8.87. The average Bonchev–Trinajstić information content (AvgIpc) is 2.58. The molecule has 2 aromatic rings. The van der Waals surface area contributed by atoms with Crippen molar-refractivity contribution in [2.24, 2.45) is 0 Å². The van der Waals surface area contributed by atoms with Crippen molar-refractivity contribution >= 4 is 23.2 Å². The number of amides is 2. The zero-order chi connectivity index (χ0) is 18.9. The van der Waals surface area contributed by atoms with Crippen molar-refractivity contribution in [1.82, 2.24) is 0 Å². The van der Waals surface area contributed by atoms with Gasteiger partial charge in [0.2, 0.25) is 5.91 Å². The number of hydrogen-bond donors (Lipinski definition) is 2. The molecule has 0 spiro atoms. The number of benzene rings is 2. The zero-order valence-corrected chi connectivity index (χ0v) is 15.6. The van der Waals surface area contributed by atoms with Crippen molar-refractivity contribution in [2.75, 3.05) is 17.2 Å². The molecule has 0 fully saturated rings. The topological polar surface area (TPSA) is 67.4 Å². The lowest BCUT2D eigenvalue weighted by atomic mass is 10.1. The monoisotopic (exact) mass is 354 g/mol. The molecule has 0 saturated heterocycles. The summed E-state index contributed by atoms with van der Waals surface area (Å²) in [6.45, 7) is 5.94. The number of carbonyl (C=O) groups excluding carboxylic acids is 2. The van der Waals surface area contributed by atoms with Crippen LogP contribution in [0.4, 0.5) is 11.4 Å². The number of unbranched alkanes of at least 4 members (excludes halogenated alkanes) is 1. The maximum Gasteiger partial charge on any atom is 0.262 e. The largest absolute Gasteiger partial charge is 0.484 e. The molecule has 0 aliphatic carbocycles. The van der Waals surface area contributed by atoms with E-state index in [9.17, 15) is 9.59 Å². The van der Waals surface area contributed by atoms with Crippen LogP contribution in [0.5, 0.6) is 5.75 Å². The molecule has 0 aliphatic heterocycles. The van der Waals surface area contributed by atoms with Gasteiger partial charge in [0.1, 0.15) is 5.75 Å². The minimum Gasteiger partial charge on any atom is -0.484 e. The Morgan fingerprint density at radius 3 is 2.15 bits per heavy atom. The molecule has 26 heavy (non-hydrogen) atoms. The lowest BCUT2D eigenvalue weighted by Gasteiger charge is -2.10. The quantitative estimate of drug-likeness (QED) is 0.736. The van der Waals surface area contributed by atoms with Gasteiger partial charge in [-0.25, -0.2) is 0 Å². The smallest absolute Gasteiger partial charge is 0.262 e. The first-order valence-electron chi connectivity index (χ1n) is 8.87. The second-order valence-electron chi connectivity index (χ2n) is 6.39. The predicted octanol–water partition coefficient (Wildman–Crippen LogP) is 4.45. The van der Waals surface area contributed by atoms with E-state index in [-0.39, 0.29) is 18.4 Å². The maximum absolute atomic E-state index is 12.1. The lowest BCUT2D eigenvalue weighted by molar-refractivity contribution is -0.118. The Bertz CT molecular complexity index is 751. The summed E-state index contributed by atoms with van der Waals surface area (Å²) < 4.78 is 5.56. The van der Waals surface area contributed by atoms with E-state index in [4.69, 9.17) is 4.74 Å². The van der Waals surface area contributed by atoms with Gasteiger partial charge in [-0.05, 0) is 61.7 Å². The first kappa shape index (κ1) is 19.5. The molecule has 0 aliphatic rings.